The van der Waals surface area contributed by atoms with Crippen LogP contribution in [0.15, 0.2) is 24.3 Å². The van der Waals surface area contributed by atoms with Gasteiger partial charge in [-0.15, -0.1) is 0 Å². The van der Waals surface area contributed by atoms with Crippen LogP contribution in [0, 0.1) is 5.92 Å². The number of unbranched alkanes of at least 4 members (excludes halogenated alkanes) is 1. The summed E-state index contributed by atoms with van der Waals surface area (Å²) in [6.07, 6.45) is 9.00. The van der Waals surface area contributed by atoms with E-state index in [1.54, 1.807) is 0 Å². The highest BCUT2D eigenvalue weighted by Crippen LogP contribution is 2.33. The third kappa shape index (κ3) is 4.62. The van der Waals surface area contributed by atoms with Crippen molar-refractivity contribution in [2.45, 2.75) is 63.9 Å². The molecule has 2 fully saturated rings. The molecule has 0 radical (unpaired) electrons. The van der Waals surface area contributed by atoms with Crippen LogP contribution >= 0.6 is 0 Å². The van der Waals surface area contributed by atoms with Crippen LogP contribution in [-0.4, -0.2) is 33.5 Å². The van der Waals surface area contributed by atoms with Gasteiger partial charge in [-0.2, -0.15) is 0 Å². The van der Waals surface area contributed by atoms with Crippen molar-refractivity contribution in [1.29, 1.82) is 0 Å². The second kappa shape index (κ2) is 9.03. The molecule has 1 aliphatic carbocycles. The fourth-order valence-electron chi connectivity index (χ4n) is 3.95. The van der Waals surface area contributed by atoms with Crippen molar-refractivity contribution < 1.29 is 14.0 Å². The Morgan fingerprint density at radius 2 is 1.71 bits per heavy atom. The van der Waals surface area contributed by atoms with Crippen molar-refractivity contribution in [1.82, 2.24) is 0 Å². The highest BCUT2D eigenvalue weighted by atomic mass is 16.6. The molecule has 0 unspecified atom stereocenters. The number of rotatable bonds is 6. The fraction of sp³-hybridized carbons (Fsp3) is 0.700. The lowest BCUT2D eigenvalue weighted by molar-refractivity contribution is 0.0659. The largest absolute Gasteiger partial charge is 0.493 e. The van der Waals surface area contributed by atoms with Crippen LogP contribution in [0.2, 0.25) is 0 Å². The van der Waals surface area contributed by atoms with Crippen LogP contribution in [0.4, 0.5) is 0 Å². The first-order chi connectivity index (χ1) is 11.8. The van der Waals surface area contributed by atoms with Gasteiger partial charge in [0.05, 0.1) is 6.10 Å². The van der Waals surface area contributed by atoms with Crippen molar-refractivity contribution in [3.63, 3.8) is 0 Å². The number of benzene rings is 1. The van der Waals surface area contributed by atoms with Crippen LogP contribution in [0.3, 0.4) is 0 Å². The summed E-state index contributed by atoms with van der Waals surface area (Å²) in [4.78, 5) is 0. The summed E-state index contributed by atoms with van der Waals surface area (Å²) in [5, 5.41) is 0. The predicted molar refractivity (Wildman–Crippen MR) is 98.8 cm³/mol. The minimum atomic E-state index is -0.179. The maximum absolute atomic E-state index is 5.95. The van der Waals surface area contributed by atoms with E-state index >= 15 is 0 Å². The van der Waals surface area contributed by atoms with Crippen LogP contribution < -0.4 is 5.46 Å². The van der Waals surface area contributed by atoms with Gasteiger partial charge in [0.1, 0.15) is 0 Å². The molecule has 3 nitrogen and oxygen atoms in total. The molecule has 4 heteroatoms. The number of hydrogen-bond donors (Lipinski definition) is 0. The van der Waals surface area contributed by atoms with Gasteiger partial charge in [0, 0.05) is 26.2 Å². The summed E-state index contributed by atoms with van der Waals surface area (Å²) in [6.45, 7) is 3.89. The van der Waals surface area contributed by atoms with Gasteiger partial charge in [-0.05, 0) is 49.0 Å². The van der Waals surface area contributed by atoms with E-state index in [0.717, 1.165) is 18.7 Å². The summed E-state index contributed by atoms with van der Waals surface area (Å²) >= 11 is 0. The number of hydrogen-bond acceptors (Lipinski definition) is 3. The topological polar surface area (TPSA) is 27.7 Å². The Labute approximate surface area is 147 Å². The molecule has 0 atom stereocenters. The van der Waals surface area contributed by atoms with E-state index in [2.05, 4.69) is 31.2 Å². The van der Waals surface area contributed by atoms with E-state index in [1.807, 2.05) is 7.11 Å². The SMILES string of the molecule is CCCCC1COB(c2ccc(C3CCC(OC)CC3)cc2)OC1. The Hall–Kier alpha value is -0.835. The van der Waals surface area contributed by atoms with Gasteiger partial charge in [0.2, 0.25) is 0 Å². The standard InChI is InChI=1S/C20H31BO3/c1-3-4-5-16-14-23-21(24-15-16)19-10-6-17(7-11-19)18-8-12-20(22-2)13-9-18/h6-7,10-11,16,18,20H,3-5,8-9,12-15H2,1-2H3. The Kier molecular flexibility index (Phi) is 6.76. The molecular formula is C20H31BO3. The van der Waals surface area contributed by atoms with Gasteiger partial charge < -0.3 is 14.0 Å². The Bertz CT molecular complexity index is 474. The van der Waals surface area contributed by atoms with Gasteiger partial charge >= 0.3 is 7.12 Å². The monoisotopic (exact) mass is 330 g/mol. The van der Waals surface area contributed by atoms with E-state index in [9.17, 15) is 0 Å². The average molecular weight is 330 g/mol. The third-order valence-electron chi connectivity index (χ3n) is 5.62. The molecule has 1 saturated carbocycles. The van der Waals surface area contributed by atoms with Gasteiger partial charge in [0.15, 0.2) is 0 Å². The third-order valence-corrected chi connectivity index (χ3v) is 5.62. The molecule has 2 aliphatic rings. The number of methoxy groups -OCH3 is 1. The average Bonchev–Trinajstić information content (AvgIpc) is 2.67. The summed E-state index contributed by atoms with van der Waals surface area (Å²) in [7, 11) is 1.65. The molecule has 1 saturated heterocycles. The van der Waals surface area contributed by atoms with Crippen molar-refractivity contribution in [3.05, 3.63) is 29.8 Å². The minimum absolute atomic E-state index is 0.179. The highest BCUT2D eigenvalue weighted by molar-refractivity contribution is 6.61. The molecule has 0 bridgehead atoms. The Balaban J connectivity index is 1.50. The van der Waals surface area contributed by atoms with Crippen LogP contribution in [0.1, 0.15) is 63.4 Å². The van der Waals surface area contributed by atoms with Crippen LogP contribution in [0.5, 0.6) is 0 Å². The van der Waals surface area contributed by atoms with E-state index < -0.39 is 0 Å². The van der Waals surface area contributed by atoms with E-state index in [0.29, 0.717) is 17.9 Å². The fourth-order valence-corrected chi connectivity index (χ4v) is 3.95. The molecule has 1 aromatic carbocycles. The quantitative estimate of drug-likeness (QED) is 0.740. The minimum Gasteiger partial charge on any atom is -0.407 e. The first kappa shape index (κ1) is 18.0. The summed E-state index contributed by atoms with van der Waals surface area (Å²) in [5.41, 5.74) is 2.60. The second-order valence-electron chi connectivity index (χ2n) is 7.38. The summed E-state index contributed by atoms with van der Waals surface area (Å²) in [5.74, 6) is 1.24. The molecule has 1 heterocycles. The normalized spacial score (nSPS) is 25.8. The van der Waals surface area contributed by atoms with Crippen LogP contribution in [-0.2, 0) is 14.0 Å². The summed E-state index contributed by atoms with van der Waals surface area (Å²) in [6, 6.07) is 8.91. The lowest BCUT2D eigenvalue weighted by Crippen LogP contribution is -2.44. The first-order valence-corrected chi connectivity index (χ1v) is 9.66. The molecule has 132 valence electrons. The van der Waals surface area contributed by atoms with Crippen LogP contribution in [0.25, 0.3) is 0 Å². The maximum atomic E-state index is 5.95. The molecule has 1 aliphatic heterocycles. The lowest BCUT2D eigenvalue weighted by atomic mass is 9.75. The van der Waals surface area contributed by atoms with E-state index in [4.69, 9.17) is 14.0 Å². The van der Waals surface area contributed by atoms with Gasteiger partial charge in [-0.3, -0.25) is 0 Å². The Morgan fingerprint density at radius 3 is 2.29 bits per heavy atom. The van der Waals surface area contributed by atoms with Gasteiger partial charge in [0.25, 0.3) is 0 Å². The maximum Gasteiger partial charge on any atom is 0.493 e. The summed E-state index contributed by atoms with van der Waals surface area (Å²) < 4.78 is 17.4. The smallest absolute Gasteiger partial charge is 0.407 e. The van der Waals surface area contributed by atoms with Gasteiger partial charge in [-0.25, -0.2) is 0 Å². The molecule has 0 N–H and O–H groups in total. The molecule has 1 aromatic rings. The van der Waals surface area contributed by atoms with Crippen molar-refractivity contribution in [2.75, 3.05) is 20.3 Å². The molecule has 24 heavy (non-hydrogen) atoms. The van der Waals surface area contributed by atoms with Crippen molar-refractivity contribution >= 4 is 12.6 Å². The molecular weight excluding hydrogens is 299 g/mol. The highest BCUT2D eigenvalue weighted by Gasteiger charge is 2.29. The predicted octanol–water partition coefficient (Wildman–Crippen LogP) is 3.91. The lowest BCUT2D eigenvalue weighted by Gasteiger charge is -2.29. The Morgan fingerprint density at radius 1 is 1.04 bits per heavy atom. The number of ether oxygens (including phenoxy) is 1. The zero-order valence-electron chi connectivity index (χ0n) is 15.2. The molecule has 0 aromatic heterocycles. The molecule has 3 rings (SSSR count). The van der Waals surface area contributed by atoms with Crippen molar-refractivity contribution in [3.8, 4) is 0 Å². The first-order valence-electron chi connectivity index (χ1n) is 9.66. The molecule has 0 spiro atoms. The second-order valence-corrected chi connectivity index (χ2v) is 7.38. The zero-order chi connectivity index (χ0) is 16.8. The van der Waals surface area contributed by atoms with E-state index in [-0.39, 0.29) is 7.12 Å². The van der Waals surface area contributed by atoms with Crippen molar-refractivity contribution in [2.24, 2.45) is 5.92 Å². The zero-order valence-corrected chi connectivity index (χ0v) is 15.2. The molecule has 0 amide bonds. The van der Waals surface area contributed by atoms with E-state index in [1.165, 1.54) is 50.5 Å². The van der Waals surface area contributed by atoms with Gasteiger partial charge in [-0.1, -0.05) is 44.0 Å².